The Morgan fingerprint density at radius 3 is 2.56 bits per heavy atom. The average molecular weight is 256 g/mol. The lowest BCUT2D eigenvalue weighted by atomic mass is 9.86. The molecule has 3 unspecified atom stereocenters. The average Bonchev–Trinajstić information content (AvgIpc) is 2.78. The molecule has 0 radical (unpaired) electrons. The topological polar surface area (TPSA) is 35.5 Å². The van der Waals surface area contributed by atoms with Gasteiger partial charge in [-0.25, -0.2) is 0 Å². The summed E-state index contributed by atoms with van der Waals surface area (Å²) in [4.78, 5) is 11.2. The first-order chi connectivity index (χ1) is 8.72. The molecular formula is C15H28O3. The summed E-state index contributed by atoms with van der Waals surface area (Å²) < 4.78 is 10.3. The fraction of sp³-hybridized carbons (Fsp3) is 0.933. The van der Waals surface area contributed by atoms with E-state index < -0.39 is 0 Å². The van der Waals surface area contributed by atoms with Crippen LogP contribution in [-0.4, -0.2) is 26.3 Å². The zero-order valence-corrected chi connectivity index (χ0v) is 12.1. The van der Waals surface area contributed by atoms with Gasteiger partial charge in [-0.15, -0.1) is 0 Å². The molecule has 1 aliphatic carbocycles. The van der Waals surface area contributed by atoms with Gasteiger partial charge in [-0.1, -0.05) is 26.2 Å². The first-order valence-corrected chi connectivity index (χ1v) is 7.32. The second kappa shape index (κ2) is 8.52. The van der Waals surface area contributed by atoms with E-state index >= 15 is 0 Å². The molecule has 0 amide bonds. The second-order valence-corrected chi connectivity index (χ2v) is 5.39. The van der Waals surface area contributed by atoms with Gasteiger partial charge in [0.05, 0.1) is 13.2 Å². The van der Waals surface area contributed by atoms with Gasteiger partial charge < -0.3 is 9.47 Å². The van der Waals surface area contributed by atoms with Gasteiger partial charge in [0, 0.05) is 13.5 Å². The molecule has 3 atom stereocenters. The van der Waals surface area contributed by atoms with Crippen LogP contribution in [0.2, 0.25) is 0 Å². The molecule has 106 valence electrons. The number of rotatable bonds is 8. The van der Waals surface area contributed by atoms with E-state index in [4.69, 9.17) is 9.47 Å². The number of ether oxygens (including phenoxy) is 2. The first kappa shape index (κ1) is 15.5. The molecule has 0 aliphatic heterocycles. The summed E-state index contributed by atoms with van der Waals surface area (Å²) in [6, 6.07) is 0. The smallest absolute Gasteiger partial charge is 0.305 e. The number of carbonyl (C=O) groups is 1. The minimum atomic E-state index is -0.0804. The quantitative estimate of drug-likeness (QED) is 0.492. The van der Waals surface area contributed by atoms with E-state index in [0.29, 0.717) is 24.4 Å². The van der Waals surface area contributed by atoms with E-state index in [-0.39, 0.29) is 5.97 Å². The van der Waals surface area contributed by atoms with Crippen molar-refractivity contribution >= 4 is 5.97 Å². The molecule has 0 N–H and O–H groups in total. The lowest BCUT2D eigenvalue weighted by Crippen LogP contribution is -2.22. The van der Waals surface area contributed by atoms with Crippen LogP contribution < -0.4 is 0 Å². The molecule has 0 aromatic rings. The van der Waals surface area contributed by atoms with Crippen molar-refractivity contribution in [2.75, 3.05) is 14.2 Å². The van der Waals surface area contributed by atoms with Gasteiger partial charge in [-0.3, -0.25) is 4.79 Å². The Morgan fingerprint density at radius 2 is 1.94 bits per heavy atom. The van der Waals surface area contributed by atoms with Gasteiger partial charge in [0.2, 0.25) is 0 Å². The highest BCUT2D eigenvalue weighted by atomic mass is 16.5. The van der Waals surface area contributed by atoms with Crippen LogP contribution in [0.3, 0.4) is 0 Å². The molecule has 1 rings (SSSR count). The molecule has 0 spiro atoms. The Balaban J connectivity index is 2.40. The van der Waals surface area contributed by atoms with Crippen molar-refractivity contribution in [1.82, 2.24) is 0 Å². The number of unbranched alkanes of at least 4 members (excludes halogenated alkanes) is 2. The van der Waals surface area contributed by atoms with Crippen LogP contribution in [0.1, 0.15) is 58.3 Å². The Kier molecular flexibility index (Phi) is 7.33. The van der Waals surface area contributed by atoms with E-state index in [1.165, 1.54) is 39.2 Å². The Bertz CT molecular complexity index is 240. The normalized spacial score (nSPS) is 27.4. The van der Waals surface area contributed by atoms with Crippen LogP contribution in [0.15, 0.2) is 0 Å². The minimum absolute atomic E-state index is 0.0804. The molecule has 0 aromatic carbocycles. The van der Waals surface area contributed by atoms with Crippen molar-refractivity contribution in [3.05, 3.63) is 0 Å². The van der Waals surface area contributed by atoms with E-state index in [0.717, 1.165) is 12.8 Å². The number of hydrogen-bond donors (Lipinski definition) is 0. The summed E-state index contributed by atoms with van der Waals surface area (Å²) in [6.45, 7) is 2.23. The fourth-order valence-corrected chi connectivity index (χ4v) is 3.22. The van der Waals surface area contributed by atoms with Gasteiger partial charge in [-0.05, 0) is 37.5 Å². The standard InChI is InChI=1S/C15H28O3/c1-4-5-6-7-13-12(8-10-14(13)17-2)9-11-15(16)18-3/h12-14H,4-11H2,1-3H3. The van der Waals surface area contributed by atoms with Gasteiger partial charge in [0.25, 0.3) is 0 Å². The van der Waals surface area contributed by atoms with Gasteiger partial charge in [-0.2, -0.15) is 0 Å². The highest BCUT2D eigenvalue weighted by Gasteiger charge is 2.35. The SMILES string of the molecule is CCCCCC1C(CCC(=O)OC)CCC1OC. The minimum Gasteiger partial charge on any atom is -0.469 e. The maximum atomic E-state index is 11.2. The van der Waals surface area contributed by atoms with E-state index in [1.807, 2.05) is 7.11 Å². The Hall–Kier alpha value is -0.570. The molecule has 0 bridgehead atoms. The largest absolute Gasteiger partial charge is 0.469 e. The summed E-state index contributed by atoms with van der Waals surface area (Å²) in [7, 11) is 3.29. The molecule has 1 aliphatic rings. The maximum absolute atomic E-state index is 11.2. The number of methoxy groups -OCH3 is 2. The van der Waals surface area contributed by atoms with Gasteiger partial charge in [0.15, 0.2) is 0 Å². The number of hydrogen-bond acceptors (Lipinski definition) is 3. The van der Waals surface area contributed by atoms with Crippen molar-refractivity contribution in [3.63, 3.8) is 0 Å². The van der Waals surface area contributed by atoms with Crippen LogP contribution >= 0.6 is 0 Å². The maximum Gasteiger partial charge on any atom is 0.305 e. The van der Waals surface area contributed by atoms with Gasteiger partial charge >= 0.3 is 5.97 Å². The summed E-state index contributed by atoms with van der Waals surface area (Å²) in [5, 5.41) is 0. The molecule has 0 heterocycles. The number of esters is 1. The van der Waals surface area contributed by atoms with Crippen molar-refractivity contribution in [2.45, 2.75) is 64.4 Å². The predicted octanol–water partition coefficient (Wildman–Crippen LogP) is 3.56. The van der Waals surface area contributed by atoms with Crippen LogP contribution in [0.25, 0.3) is 0 Å². The zero-order chi connectivity index (χ0) is 13.4. The predicted molar refractivity (Wildman–Crippen MR) is 72.4 cm³/mol. The monoisotopic (exact) mass is 256 g/mol. The molecular weight excluding hydrogens is 228 g/mol. The van der Waals surface area contributed by atoms with Gasteiger partial charge in [0.1, 0.15) is 0 Å². The highest BCUT2D eigenvalue weighted by Crippen LogP contribution is 2.39. The van der Waals surface area contributed by atoms with Crippen molar-refractivity contribution < 1.29 is 14.3 Å². The molecule has 1 fully saturated rings. The van der Waals surface area contributed by atoms with Crippen LogP contribution in [0.4, 0.5) is 0 Å². The van der Waals surface area contributed by atoms with Crippen LogP contribution in [0.5, 0.6) is 0 Å². The summed E-state index contributed by atoms with van der Waals surface area (Å²) in [6.07, 6.45) is 9.38. The summed E-state index contributed by atoms with van der Waals surface area (Å²) in [5.74, 6) is 1.21. The van der Waals surface area contributed by atoms with Crippen molar-refractivity contribution in [1.29, 1.82) is 0 Å². The Labute approximate surface area is 111 Å². The van der Waals surface area contributed by atoms with Crippen molar-refractivity contribution in [3.8, 4) is 0 Å². The van der Waals surface area contributed by atoms with Crippen molar-refractivity contribution in [2.24, 2.45) is 11.8 Å². The fourth-order valence-electron chi connectivity index (χ4n) is 3.22. The molecule has 18 heavy (non-hydrogen) atoms. The van der Waals surface area contributed by atoms with E-state index in [1.54, 1.807) is 0 Å². The molecule has 1 saturated carbocycles. The van der Waals surface area contributed by atoms with Crippen LogP contribution in [0, 0.1) is 11.8 Å². The van der Waals surface area contributed by atoms with Crippen LogP contribution in [-0.2, 0) is 14.3 Å². The Morgan fingerprint density at radius 1 is 1.17 bits per heavy atom. The lowest BCUT2D eigenvalue weighted by Gasteiger charge is -2.24. The molecule has 0 saturated heterocycles. The second-order valence-electron chi connectivity index (χ2n) is 5.39. The summed E-state index contributed by atoms with van der Waals surface area (Å²) >= 11 is 0. The first-order valence-electron chi connectivity index (χ1n) is 7.32. The zero-order valence-electron chi connectivity index (χ0n) is 12.1. The molecule has 3 nitrogen and oxygen atoms in total. The molecule has 0 aromatic heterocycles. The summed E-state index contributed by atoms with van der Waals surface area (Å²) in [5.41, 5.74) is 0. The number of carbonyl (C=O) groups excluding carboxylic acids is 1. The third-order valence-corrected chi connectivity index (χ3v) is 4.30. The van der Waals surface area contributed by atoms with E-state index in [2.05, 4.69) is 6.92 Å². The highest BCUT2D eigenvalue weighted by molar-refractivity contribution is 5.69. The third kappa shape index (κ3) is 4.60. The van der Waals surface area contributed by atoms with E-state index in [9.17, 15) is 4.79 Å². The lowest BCUT2D eigenvalue weighted by molar-refractivity contribution is -0.141. The molecule has 3 heteroatoms. The third-order valence-electron chi connectivity index (χ3n) is 4.30.